The number of pyridine rings is 1. The SMILES string of the molecule is O=C(O)C(F)=Cc1cccnc1. The van der Waals surface area contributed by atoms with Gasteiger partial charge < -0.3 is 5.11 Å². The maximum atomic E-state index is 12.4. The molecule has 0 saturated carbocycles. The molecule has 1 rings (SSSR count). The summed E-state index contributed by atoms with van der Waals surface area (Å²) >= 11 is 0. The third-order valence-corrected chi connectivity index (χ3v) is 1.18. The zero-order chi connectivity index (χ0) is 8.97. The van der Waals surface area contributed by atoms with Gasteiger partial charge in [-0.1, -0.05) is 6.07 Å². The largest absolute Gasteiger partial charge is 0.476 e. The summed E-state index contributed by atoms with van der Waals surface area (Å²) in [6, 6.07) is 3.16. The molecule has 0 atom stereocenters. The van der Waals surface area contributed by atoms with Gasteiger partial charge in [0, 0.05) is 12.4 Å². The lowest BCUT2D eigenvalue weighted by atomic mass is 10.2. The minimum atomic E-state index is -1.57. The average Bonchev–Trinajstić information content (AvgIpc) is 2.06. The number of carboxylic acids is 1. The van der Waals surface area contributed by atoms with Gasteiger partial charge in [-0.2, -0.15) is 4.39 Å². The molecule has 0 aliphatic rings. The fourth-order valence-electron chi connectivity index (χ4n) is 0.669. The van der Waals surface area contributed by atoms with Gasteiger partial charge in [0.25, 0.3) is 0 Å². The van der Waals surface area contributed by atoms with Crippen molar-refractivity contribution in [1.29, 1.82) is 0 Å². The lowest BCUT2D eigenvalue weighted by Gasteiger charge is -1.90. The van der Waals surface area contributed by atoms with E-state index in [2.05, 4.69) is 4.98 Å². The molecule has 4 heteroatoms. The predicted octanol–water partition coefficient (Wildman–Crippen LogP) is 1.48. The smallest absolute Gasteiger partial charge is 0.364 e. The van der Waals surface area contributed by atoms with Gasteiger partial charge in [0.15, 0.2) is 0 Å². The van der Waals surface area contributed by atoms with Crippen LogP contribution in [-0.2, 0) is 4.79 Å². The Balaban J connectivity index is 2.89. The Morgan fingerprint density at radius 3 is 2.92 bits per heavy atom. The van der Waals surface area contributed by atoms with Crippen LogP contribution in [0.2, 0.25) is 0 Å². The minimum Gasteiger partial charge on any atom is -0.476 e. The van der Waals surface area contributed by atoms with Gasteiger partial charge in [-0.3, -0.25) is 4.98 Å². The third-order valence-electron chi connectivity index (χ3n) is 1.18. The number of halogens is 1. The van der Waals surface area contributed by atoms with Gasteiger partial charge in [-0.25, -0.2) is 4.79 Å². The van der Waals surface area contributed by atoms with Crippen LogP contribution in [0.1, 0.15) is 5.56 Å². The highest BCUT2D eigenvalue weighted by Crippen LogP contribution is 2.05. The summed E-state index contributed by atoms with van der Waals surface area (Å²) < 4.78 is 12.4. The van der Waals surface area contributed by atoms with Crippen LogP contribution in [0.25, 0.3) is 6.08 Å². The summed E-state index contributed by atoms with van der Waals surface area (Å²) in [6.07, 6.45) is 3.81. The molecule has 0 unspecified atom stereocenters. The molecule has 0 saturated heterocycles. The first-order valence-electron chi connectivity index (χ1n) is 3.20. The second-order valence-electron chi connectivity index (χ2n) is 2.08. The van der Waals surface area contributed by atoms with E-state index in [0.717, 1.165) is 6.08 Å². The van der Waals surface area contributed by atoms with Crippen molar-refractivity contribution in [2.45, 2.75) is 0 Å². The number of carbonyl (C=O) groups is 1. The van der Waals surface area contributed by atoms with Crippen molar-refractivity contribution in [1.82, 2.24) is 4.98 Å². The maximum Gasteiger partial charge on any atom is 0.364 e. The summed E-state index contributed by atoms with van der Waals surface area (Å²) in [7, 11) is 0. The molecule has 0 spiro atoms. The molecule has 0 aromatic carbocycles. The van der Waals surface area contributed by atoms with Crippen molar-refractivity contribution < 1.29 is 14.3 Å². The van der Waals surface area contributed by atoms with E-state index >= 15 is 0 Å². The Bertz CT molecular complexity index is 308. The Labute approximate surface area is 68.2 Å². The topological polar surface area (TPSA) is 50.2 Å². The summed E-state index contributed by atoms with van der Waals surface area (Å²) in [5.74, 6) is -2.76. The van der Waals surface area contributed by atoms with Gasteiger partial charge in [0.2, 0.25) is 5.83 Å². The van der Waals surface area contributed by atoms with Crippen molar-refractivity contribution >= 4 is 12.0 Å². The van der Waals surface area contributed by atoms with E-state index in [1.165, 1.54) is 12.4 Å². The molecule has 62 valence electrons. The van der Waals surface area contributed by atoms with Crippen LogP contribution in [0.3, 0.4) is 0 Å². The highest BCUT2D eigenvalue weighted by Gasteiger charge is 2.03. The summed E-state index contributed by atoms with van der Waals surface area (Å²) in [5, 5.41) is 8.18. The number of aliphatic carboxylic acids is 1. The molecule has 3 nitrogen and oxygen atoms in total. The van der Waals surface area contributed by atoms with E-state index in [1.54, 1.807) is 12.1 Å². The standard InChI is InChI=1S/C8H6FNO2/c9-7(8(11)12)4-6-2-1-3-10-5-6/h1-5H,(H,11,12). The van der Waals surface area contributed by atoms with E-state index in [-0.39, 0.29) is 0 Å². The molecule has 0 bridgehead atoms. The lowest BCUT2D eigenvalue weighted by molar-refractivity contribution is -0.134. The second-order valence-corrected chi connectivity index (χ2v) is 2.08. The van der Waals surface area contributed by atoms with Crippen molar-refractivity contribution in [2.75, 3.05) is 0 Å². The maximum absolute atomic E-state index is 12.4. The summed E-state index contributed by atoms with van der Waals surface area (Å²) in [5.41, 5.74) is 0.428. The van der Waals surface area contributed by atoms with Crippen LogP contribution < -0.4 is 0 Å². The summed E-state index contributed by atoms with van der Waals surface area (Å²) in [4.78, 5) is 13.7. The van der Waals surface area contributed by atoms with Crippen LogP contribution in [0.15, 0.2) is 30.4 Å². The van der Waals surface area contributed by atoms with Crippen molar-refractivity contribution in [3.63, 3.8) is 0 Å². The number of hydrogen-bond donors (Lipinski definition) is 1. The molecule has 12 heavy (non-hydrogen) atoms. The molecule has 1 aromatic rings. The minimum absolute atomic E-state index is 0.428. The van der Waals surface area contributed by atoms with E-state index in [4.69, 9.17) is 5.11 Å². The lowest BCUT2D eigenvalue weighted by Crippen LogP contribution is -1.93. The molecule has 0 radical (unpaired) electrons. The van der Waals surface area contributed by atoms with Crippen LogP contribution in [0.4, 0.5) is 4.39 Å². The monoisotopic (exact) mass is 167 g/mol. The number of rotatable bonds is 2. The van der Waals surface area contributed by atoms with Crippen molar-refractivity contribution in [3.05, 3.63) is 35.9 Å². The highest BCUT2D eigenvalue weighted by molar-refractivity contribution is 5.89. The molecular formula is C8H6FNO2. The van der Waals surface area contributed by atoms with Crippen LogP contribution in [0, 0.1) is 0 Å². The summed E-state index contributed by atoms with van der Waals surface area (Å²) in [6.45, 7) is 0. The molecule has 0 fully saturated rings. The van der Waals surface area contributed by atoms with Gasteiger partial charge in [-0.15, -0.1) is 0 Å². The van der Waals surface area contributed by atoms with Gasteiger partial charge in [-0.05, 0) is 17.7 Å². The Morgan fingerprint density at radius 2 is 2.42 bits per heavy atom. The van der Waals surface area contributed by atoms with E-state index in [0.29, 0.717) is 5.56 Å². The molecule has 1 aromatic heterocycles. The van der Waals surface area contributed by atoms with Crippen molar-refractivity contribution in [2.24, 2.45) is 0 Å². The van der Waals surface area contributed by atoms with E-state index in [1.807, 2.05) is 0 Å². The van der Waals surface area contributed by atoms with Gasteiger partial charge >= 0.3 is 5.97 Å². The molecule has 0 aliphatic heterocycles. The molecular weight excluding hydrogens is 161 g/mol. The Kier molecular flexibility index (Phi) is 2.53. The van der Waals surface area contributed by atoms with Gasteiger partial charge in [0.1, 0.15) is 0 Å². The zero-order valence-corrected chi connectivity index (χ0v) is 6.07. The third kappa shape index (κ3) is 2.16. The number of aromatic nitrogens is 1. The zero-order valence-electron chi connectivity index (χ0n) is 6.07. The number of nitrogens with zero attached hydrogens (tertiary/aromatic N) is 1. The second kappa shape index (κ2) is 3.61. The predicted molar refractivity (Wildman–Crippen MR) is 41.0 cm³/mol. The van der Waals surface area contributed by atoms with E-state index < -0.39 is 11.8 Å². The number of hydrogen-bond acceptors (Lipinski definition) is 2. The van der Waals surface area contributed by atoms with Crippen molar-refractivity contribution in [3.8, 4) is 0 Å². The fraction of sp³-hybridized carbons (Fsp3) is 0. The Hall–Kier alpha value is -1.71. The van der Waals surface area contributed by atoms with Gasteiger partial charge in [0.05, 0.1) is 0 Å². The number of carboxylic acid groups (broad SMARTS) is 1. The Morgan fingerprint density at radius 1 is 1.67 bits per heavy atom. The average molecular weight is 167 g/mol. The molecule has 1 N–H and O–H groups in total. The van der Waals surface area contributed by atoms with E-state index in [9.17, 15) is 9.18 Å². The fourth-order valence-corrected chi connectivity index (χ4v) is 0.669. The quantitative estimate of drug-likeness (QED) is 0.678. The first-order chi connectivity index (χ1) is 5.70. The van der Waals surface area contributed by atoms with Crippen LogP contribution in [0.5, 0.6) is 0 Å². The van der Waals surface area contributed by atoms with Crippen LogP contribution >= 0.6 is 0 Å². The first kappa shape index (κ1) is 8.39. The molecule has 0 aliphatic carbocycles. The molecule has 0 amide bonds. The first-order valence-corrected chi connectivity index (χ1v) is 3.20. The molecule has 1 heterocycles. The van der Waals surface area contributed by atoms with Crippen LogP contribution in [-0.4, -0.2) is 16.1 Å². The highest BCUT2D eigenvalue weighted by atomic mass is 19.1. The normalized spacial score (nSPS) is 11.2.